The lowest BCUT2D eigenvalue weighted by Crippen LogP contribution is -2.39. The Hall–Kier alpha value is -2.67. The van der Waals surface area contributed by atoms with Gasteiger partial charge in [0.05, 0.1) is 18.4 Å². The molecule has 1 aliphatic heterocycles. The number of nitrogens with zero attached hydrogens (tertiary/aromatic N) is 1. The van der Waals surface area contributed by atoms with Crippen LogP contribution >= 0.6 is 0 Å². The number of aryl methyl sites for hydroxylation is 1. The van der Waals surface area contributed by atoms with Gasteiger partial charge < -0.3 is 19.5 Å². The monoisotopic (exact) mass is 377 g/mol. The van der Waals surface area contributed by atoms with E-state index in [9.17, 15) is 18.7 Å². The van der Waals surface area contributed by atoms with Gasteiger partial charge in [-0.3, -0.25) is 0 Å². The van der Waals surface area contributed by atoms with Gasteiger partial charge in [-0.05, 0) is 48.7 Å². The van der Waals surface area contributed by atoms with Crippen LogP contribution in [0.15, 0.2) is 36.4 Å². The number of rotatable bonds is 6. The second-order valence-corrected chi connectivity index (χ2v) is 6.43. The van der Waals surface area contributed by atoms with Gasteiger partial charge in [-0.2, -0.15) is 0 Å². The summed E-state index contributed by atoms with van der Waals surface area (Å²) < 4.78 is 37.7. The van der Waals surface area contributed by atoms with E-state index in [1.807, 2.05) is 0 Å². The number of methoxy groups -OCH3 is 1. The van der Waals surface area contributed by atoms with E-state index in [2.05, 4.69) is 4.74 Å². The largest absolute Gasteiger partial charge is 0.491 e. The van der Waals surface area contributed by atoms with Crippen molar-refractivity contribution in [2.75, 3.05) is 31.7 Å². The van der Waals surface area contributed by atoms with Crippen molar-refractivity contribution >= 4 is 11.7 Å². The minimum Gasteiger partial charge on any atom is -0.491 e. The Bertz CT molecular complexity index is 810. The molecular weight excluding hydrogens is 356 g/mol. The zero-order valence-corrected chi connectivity index (χ0v) is 15.0. The average molecular weight is 377 g/mol. The fraction of sp³-hybridized carbons (Fsp3) is 0.350. The number of carbonyl (C=O) groups is 1. The highest BCUT2D eigenvalue weighted by molar-refractivity contribution is 5.89. The molecular formula is C20H21F2NO4. The molecule has 5 nitrogen and oxygen atoms in total. The number of β-amino-alcohol motifs (C(OH)–C–C–N with tert-alkyl or cyclic N) is 1. The quantitative estimate of drug-likeness (QED) is 0.785. The van der Waals surface area contributed by atoms with Crippen LogP contribution in [0.1, 0.15) is 22.3 Å². The van der Waals surface area contributed by atoms with Crippen LogP contribution in [0.5, 0.6) is 5.75 Å². The molecule has 0 saturated heterocycles. The summed E-state index contributed by atoms with van der Waals surface area (Å²) in [5, 5.41) is 10.3. The van der Waals surface area contributed by atoms with E-state index in [-0.39, 0.29) is 13.2 Å². The number of anilines is 1. The third-order valence-corrected chi connectivity index (χ3v) is 4.45. The van der Waals surface area contributed by atoms with E-state index >= 15 is 0 Å². The van der Waals surface area contributed by atoms with Crippen molar-refractivity contribution in [3.63, 3.8) is 0 Å². The summed E-state index contributed by atoms with van der Waals surface area (Å²) in [4.78, 5) is 13.1. The van der Waals surface area contributed by atoms with Gasteiger partial charge in [0.1, 0.15) is 30.1 Å². The van der Waals surface area contributed by atoms with Crippen LogP contribution in [0, 0.1) is 11.6 Å². The predicted octanol–water partition coefficient (Wildman–Crippen LogP) is 2.94. The number of halogens is 2. The highest BCUT2D eigenvalue weighted by atomic mass is 19.1. The summed E-state index contributed by atoms with van der Waals surface area (Å²) >= 11 is 0. The lowest BCUT2D eigenvalue weighted by Gasteiger charge is -2.33. The summed E-state index contributed by atoms with van der Waals surface area (Å²) in [6.45, 7) is 0.766. The predicted molar refractivity (Wildman–Crippen MR) is 96.2 cm³/mol. The molecule has 0 bridgehead atoms. The van der Waals surface area contributed by atoms with E-state index in [4.69, 9.17) is 4.74 Å². The molecule has 2 aromatic carbocycles. The second-order valence-electron chi connectivity index (χ2n) is 6.43. The van der Waals surface area contributed by atoms with Gasteiger partial charge in [0.2, 0.25) is 0 Å². The van der Waals surface area contributed by atoms with Crippen molar-refractivity contribution in [2.45, 2.75) is 18.9 Å². The molecule has 144 valence electrons. The van der Waals surface area contributed by atoms with Crippen molar-refractivity contribution in [1.82, 2.24) is 0 Å². The van der Waals surface area contributed by atoms with E-state index < -0.39 is 23.7 Å². The van der Waals surface area contributed by atoms with Gasteiger partial charge in [0.15, 0.2) is 0 Å². The highest BCUT2D eigenvalue weighted by Gasteiger charge is 2.24. The van der Waals surface area contributed by atoms with Crippen LogP contribution in [0.3, 0.4) is 0 Å². The average Bonchev–Trinajstić information content (AvgIpc) is 2.65. The Balaban J connectivity index is 1.59. The van der Waals surface area contributed by atoms with Crippen molar-refractivity contribution in [3.05, 3.63) is 59.2 Å². The first-order valence-corrected chi connectivity index (χ1v) is 8.70. The molecule has 2 aromatic rings. The van der Waals surface area contributed by atoms with Crippen LogP contribution in [0.2, 0.25) is 0 Å². The number of aliphatic hydroxyl groups excluding tert-OH is 1. The van der Waals surface area contributed by atoms with E-state index in [1.165, 1.54) is 13.2 Å². The number of ether oxygens (including phenoxy) is 2. The molecule has 0 amide bonds. The van der Waals surface area contributed by atoms with Crippen molar-refractivity contribution in [3.8, 4) is 5.75 Å². The van der Waals surface area contributed by atoms with Gasteiger partial charge in [-0.1, -0.05) is 0 Å². The summed E-state index contributed by atoms with van der Waals surface area (Å²) in [6, 6.07) is 8.56. The number of fused-ring (bicyclic) bond motifs is 1. The highest BCUT2D eigenvalue weighted by Crippen LogP contribution is 2.31. The van der Waals surface area contributed by atoms with E-state index in [1.54, 1.807) is 29.2 Å². The minimum absolute atomic E-state index is 0.00617. The number of aliphatic hydroxyl groups is 1. The molecule has 1 heterocycles. The Kier molecular flexibility index (Phi) is 5.91. The van der Waals surface area contributed by atoms with Crippen LogP contribution in [0.25, 0.3) is 0 Å². The molecule has 1 atom stereocenters. The molecule has 0 spiro atoms. The molecule has 0 saturated carbocycles. The maximum absolute atomic E-state index is 14.2. The van der Waals surface area contributed by atoms with Crippen molar-refractivity contribution < 1.29 is 28.2 Å². The normalized spacial score (nSPS) is 14.4. The van der Waals surface area contributed by atoms with Crippen molar-refractivity contribution in [1.29, 1.82) is 0 Å². The number of esters is 1. The SMILES string of the molecule is COC(=O)c1ccc(OCC(O)CN2CCCc3cc(F)cc(F)c32)cc1. The summed E-state index contributed by atoms with van der Waals surface area (Å²) in [7, 11) is 1.30. The fourth-order valence-corrected chi connectivity index (χ4v) is 3.22. The molecule has 3 rings (SSSR count). The standard InChI is InChI=1S/C20H21F2NO4/c1-26-20(25)13-4-6-17(7-5-13)27-12-16(24)11-23-8-2-3-14-9-15(21)10-18(22)19(14)23/h4-7,9-10,16,24H,2-3,8,11-12H2,1H3. The summed E-state index contributed by atoms with van der Waals surface area (Å²) in [5.74, 6) is -1.15. The minimum atomic E-state index is -0.860. The first kappa shape index (κ1) is 19.1. The van der Waals surface area contributed by atoms with Gasteiger partial charge in [-0.25, -0.2) is 13.6 Å². The number of carbonyl (C=O) groups excluding carboxylic acids is 1. The zero-order chi connectivity index (χ0) is 19.4. The first-order valence-electron chi connectivity index (χ1n) is 8.70. The molecule has 0 radical (unpaired) electrons. The molecule has 0 aromatic heterocycles. The number of hydrogen-bond donors (Lipinski definition) is 1. The van der Waals surface area contributed by atoms with Gasteiger partial charge in [-0.15, -0.1) is 0 Å². The van der Waals surface area contributed by atoms with Crippen LogP contribution in [-0.2, 0) is 11.2 Å². The Labute approximate surface area is 156 Å². The smallest absolute Gasteiger partial charge is 0.337 e. The number of benzene rings is 2. The Morgan fingerprint density at radius 1 is 1.26 bits per heavy atom. The molecule has 0 fully saturated rings. The maximum Gasteiger partial charge on any atom is 0.337 e. The van der Waals surface area contributed by atoms with E-state index in [0.29, 0.717) is 35.5 Å². The van der Waals surface area contributed by atoms with Crippen LogP contribution in [0.4, 0.5) is 14.5 Å². The fourth-order valence-electron chi connectivity index (χ4n) is 3.22. The second kappa shape index (κ2) is 8.35. The molecule has 0 aliphatic carbocycles. The zero-order valence-electron chi connectivity index (χ0n) is 15.0. The lowest BCUT2D eigenvalue weighted by atomic mass is 10.0. The van der Waals surface area contributed by atoms with Gasteiger partial charge >= 0.3 is 5.97 Å². The van der Waals surface area contributed by atoms with E-state index in [0.717, 1.165) is 12.5 Å². The Morgan fingerprint density at radius 3 is 2.70 bits per heavy atom. The molecule has 7 heteroatoms. The number of hydrogen-bond acceptors (Lipinski definition) is 5. The molecule has 1 aliphatic rings. The topological polar surface area (TPSA) is 59.0 Å². The summed E-state index contributed by atoms with van der Waals surface area (Å²) in [6.07, 6.45) is 0.513. The molecule has 1 N–H and O–H groups in total. The maximum atomic E-state index is 14.2. The molecule has 27 heavy (non-hydrogen) atoms. The summed E-state index contributed by atoms with van der Waals surface area (Å²) in [5.41, 5.74) is 1.37. The third kappa shape index (κ3) is 4.54. The Morgan fingerprint density at radius 2 is 2.00 bits per heavy atom. The third-order valence-electron chi connectivity index (χ3n) is 4.45. The lowest BCUT2D eigenvalue weighted by molar-refractivity contribution is 0.0600. The van der Waals surface area contributed by atoms with Crippen LogP contribution < -0.4 is 9.64 Å². The first-order chi connectivity index (χ1) is 13.0. The van der Waals surface area contributed by atoms with Gasteiger partial charge in [0, 0.05) is 19.2 Å². The van der Waals surface area contributed by atoms with Gasteiger partial charge in [0.25, 0.3) is 0 Å². The van der Waals surface area contributed by atoms with Crippen molar-refractivity contribution in [2.24, 2.45) is 0 Å². The molecule has 1 unspecified atom stereocenters. The van der Waals surface area contributed by atoms with Crippen LogP contribution in [-0.4, -0.2) is 44.0 Å².